The number of ether oxygens (including phenoxy) is 1. The van der Waals surface area contributed by atoms with Crippen LogP contribution in [0.5, 0.6) is 0 Å². The minimum absolute atomic E-state index is 0. The van der Waals surface area contributed by atoms with Crippen LogP contribution in [0.3, 0.4) is 0 Å². The van der Waals surface area contributed by atoms with Crippen LogP contribution in [0.2, 0.25) is 0 Å². The first-order valence-corrected chi connectivity index (χ1v) is 10.00. The number of piperidine rings is 1. The first-order chi connectivity index (χ1) is 12.4. The van der Waals surface area contributed by atoms with E-state index in [1.54, 1.807) is 0 Å². The van der Waals surface area contributed by atoms with Crippen molar-refractivity contribution < 1.29 is 9.53 Å². The molecular weight excluding hydrogens is 366 g/mol. The molecule has 154 valence electrons. The lowest BCUT2D eigenvalue weighted by Crippen LogP contribution is -2.62. The summed E-state index contributed by atoms with van der Waals surface area (Å²) in [4.78, 5) is 12.7. The number of nitrogens with one attached hydrogen (secondary N) is 2. The van der Waals surface area contributed by atoms with Crippen LogP contribution in [-0.4, -0.2) is 52.7 Å². The third-order valence-corrected chi connectivity index (χ3v) is 6.10. The van der Waals surface area contributed by atoms with Gasteiger partial charge in [0.25, 0.3) is 5.91 Å². The van der Waals surface area contributed by atoms with Gasteiger partial charge in [-0.05, 0) is 45.7 Å². The zero-order chi connectivity index (χ0) is 18.7. The fraction of sp³-hybridized carbons (Fsp3) is 0.842. The van der Waals surface area contributed by atoms with Crippen molar-refractivity contribution in [2.24, 2.45) is 5.41 Å². The maximum Gasteiger partial charge on any atom is 0.273 e. The average molecular weight is 400 g/mol. The highest BCUT2D eigenvalue weighted by atomic mass is 35.5. The molecule has 0 radical (unpaired) electrons. The summed E-state index contributed by atoms with van der Waals surface area (Å²) in [7, 11) is 0. The molecule has 2 atom stereocenters. The molecule has 2 aliphatic rings. The molecule has 7 nitrogen and oxygen atoms in total. The number of carbonyl (C=O) groups excluding carboxylic acids is 1. The largest absolute Gasteiger partial charge is 0.378 e. The monoisotopic (exact) mass is 399 g/mol. The van der Waals surface area contributed by atoms with E-state index in [0.717, 1.165) is 57.5 Å². The Morgan fingerprint density at radius 3 is 2.70 bits per heavy atom. The molecule has 1 saturated heterocycles. The number of hydrogen-bond acceptors (Lipinski definition) is 5. The number of rotatable bonds is 7. The van der Waals surface area contributed by atoms with Gasteiger partial charge in [0, 0.05) is 18.1 Å². The second-order valence-electron chi connectivity index (χ2n) is 8.25. The SMILES string of the molecule is CCCCOC1CC(NC(=O)c2nnn(C3CCNCC3)c2C)C1(C)C.Cl. The van der Waals surface area contributed by atoms with Gasteiger partial charge in [-0.1, -0.05) is 32.4 Å². The van der Waals surface area contributed by atoms with Crippen LogP contribution >= 0.6 is 12.4 Å². The lowest BCUT2D eigenvalue weighted by Gasteiger charge is -2.51. The van der Waals surface area contributed by atoms with E-state index in [9.17, 15) is 4.79 Å². The first kappa shape index (κ1) is 22.1. The molecule has 0 aromatic carbocycles. The van der Waals surface area contributed by atoms with Gasteiger partial charge in [0.2, 0.25) is 0 Å². The second-order valence-corrected chi connectivity index (χ2v) is 8.25. The highest BCUT2D eigenvalue weighted by molar-refractivity contribution is 5.93. The molecule has 2 fully saturated rings. The molecule has 1 amide bonds. The number of halogens is 1. The standard InChI is InChI=1S/C19H33N5O2.ClH/c1-5-6-11-26-16-12-15(19(16,3)4)21-18(25)17-13(2)24(23-22-17)14-7-9-20-10-8-14;/h14-16,20H,5-12H2,1-4H3,(H,21,25);1H. The molecule has 1 saturated carbocycles. The van der Waals surface area contributed by atoms with Crippen LogP contribution < -0.4 is 10.6 Å². The van der Waals surface area contributed by atoms with Gasteiger partial charge in [0.15, 0.2) is 5.69 Å². The van der Waals surface area contributed by atoms with Crippen LogP contribution in [0.4, 0.5) is 0 Å². The molecule has 3 rings (SSSR count). The van der Waals surface area contributed by atoms with Gasteiger partial charge in [-0.15, -0.1) is 17.5 Å². The molecule has 2 heterocycles. The molecule has 27 heavy (non-hydrogen) atoms. The van der Waals surface area contributed by atoms with Gasteiger partial charge in [0.05, 0.1) is 17.8 Å². The number of carbonyl (C=O) groups is 1. The Kier molecular flexibility index (Phi) is 7.65. The van der Waals surface area contributed by atoms with Crippen molar-refractivity contribution in [3.8, 4) is 0 Å². The summed E-state index contributed by atoms with van der Waals surface area (Å²) in [6.45, 7) is 11.2. The van der Waals surface area contributed by atoms with E-state index < -0.39 is 0 Å². The third-order valence-electron chi connectivity index (χ3n) is 6.10. The van der Waals surface area contributed by atoms with E-state index in [1.165, 1.54) is 0 Å². The van der Waals surface area contributed by atoms with Crippen LogP contribution in [0.15, 0.2) is 0 Å². The zero-order valence-corrected chi connectivity index (χ0v) is 17.8. The van der Waals surface area contributed by atoms with E-state index >= 15 is 0 Å². The molecule has 1 aliphatic carbocycles. The molecular formula is C19H34ClN5O2. The predicted octanol–water partition coefficient (Wildman–Crippen LogP) is 2.65. The van der Waals surface area contributed by atoms with Crippen molar-refractivity contribution >= 4 is 18.3 Å². The van der Waals surface area contributed by atoms with E-state index in [2.05, 4.69) is 41.7 Å². The lowest BCUT2D eigenvalue weighted by atomic mass is 9.64. The van der Waals surface area contributed by atoms with Gasteiger partial charge in [0.1, 0.15) is 0 Å². The minimum atomic E-state index is -0.118. The van der Waals surface area contributed by atoms with E-state index in [4.69, 9.17) is 4.74 Å². The normalized spacial score (nSPS) is 24.7. The number of unbranched alkanes of at least 4 members (excludes halogenated alkanes) is 1. The van der Waals surface area contributed by atoms with Crippen molar-refractivity contribution in [2.75, 3.05) is 19.7 Å². The number of aromatic nitrogens is 3. The molecule has 0 bridgehead atoms. The Bertz CT molecular complexity index is 628. The van der Waals surface area contributed by atoms with Gasteiger partial charge < -0.3 is 15.4 Å². The molecule has 2 N–H and O–H groups in total. The Morgan fingerprint density at radius 2 is 2.07 bits per heavy atom. The molecule has 1 aliphatic heterocycles. The Labute approximate surface area is 168 Å². The van der Waals surface area contributed by atoms with Crippen LogP contribution in [-0.2, 0) is 4.74 Å². The van der Waals surface area contributed by atoms with Crippen molar-refractivity contribution in [2.45, 2.75) is 78.0 Å². The van der Waals surface area contributed by atoms with Gasteiger partial charge >= 0.3 is 0 Å². The van der Waals surface area contributed by atoms with E-state index in [1.807, 2.05) is 11.6 Å². The topological polar surface area (TPSA) is 81.1 Å². The summed E-state index contributed by atoms with van der Waals surface area (Å²) >= 11 is 0. The van der Waals surface area contributed by atoms with Gasteiger partial charge in [-0.2, -0.15) is 0 Å². The van der Waals surface area contributed by atoms with Crippen molar-refractivity contribution in [1.82, 2.24) is 25.6 Å². The highest BCUT2D eigenvalue weighted by Crippen LogP contribution is 2.43. The third kappa shape index (κ3) is 4.63. The molecule has 8 heteroatoms. The van der Waals surface area contributed by atoms with E-state index in [0.29, 0.717) is 11.7 Å². The Hall–Kier alpha value is -1.18. The highest BCUT2D eigenvalue weighted by Gasteiger charge is 2.49. The van der Waals surface area contributed by atoms with Crippen LogP contribution in [0, 0.1) is 12.3 Å². The number of hydrogen-bond donors (Lipinski definition) is 2. The summed E-state index contributed by atoms with van der Waals surface area (Å²) in [5.74, 6) is -0.118. The molecule has 2 unspecified atom stereocenters. The quantitative estimate of drug-likeness (QED) is 0.689. The van der Waals surface area contributed by atoms with Crippen LogP contribution in [0.1, 0.15) is 75.1 Å². The van der Waals surface area contributed by atoms with Crippen molar-refractivity contribution in [1.29, 1.82) is 0 Å². The Morgan fingerprint density at radius 1 is 1.37 bits per heavy atom. The molecule has 1 aromatic rings. The van der Waals surface area contributed by atoms with Crippen molar-refractivity contribution in [3.63, 3.8) is 0 Å². The summed E-state index contributed by atoms with van der Waals surface area (Å²) in [5, 5.41) is 15.0. The van der Waals surface area contributed by atoms with Crippen LogP contribution in [0.25, 0.3) is 0 Å². The maximum atomic E-state index is 12.7. The fourth-order valence-electron chi connectivity index (χ4n) is 3.96. The van der Waals surface area contributed by atoms with Gasteiger partial charge in [-0.25, -0.2) is 4.68 Å². The smallest absolute Gasteiger partial charge is 0.273 e. The van der Waals surface area contributed by atoms with Crippen molar-refractivity contribution in [3.05, 3.63) is 11.4 Å². The number of amides is 1. The second kappa shape index (κ2) is 9.34. The zero-order valence-electron chi connectivity index (χ0n) is 17.0. The summed E-state index contributed by atoms with van der Waals surface area (Å²) < 4.78 is 7.90. The summed E-state index contributed by atoms with van der Waals surface area (Å²) in [5.41, 5.74) is 1.26. The summed E-state index contributed by atoms with van der Waals surface area (Å²) in [6.07, 6.45) is 5.35. The van der Waals surface area contributed by atoms with Gasteiger partial charge in [-0.3, -0.25) is 4.79 Å². The molecule has 0 spiro atoms. The predicted molar refractivity (Wildman–Crippen MR) is 107 cm³/mol. The lowest BCUT2D eigenvalue weighted by molar-refractivity contribution is -0.115. The number of nitrogens with zero attached hydrogens (tertiary/aromatic N) is 3. The molecule has 1 aromatic heterocycles. The fourth-order valence-corrected chi connectivity index (χ4v) is 3.96. The maximum absolute atomic E-state index is 12.7. The summed E-state index contributed by atoms with van der Waals surface area (Å²) in [6, 6.07) is 0.451. The van der Waals surface area contributed by atoms with E-state index in [-0.39, 0.29) is 35.9 Å². The Balaban J connectivity index is 0.00000261. The average Bonchev–Trinajstić information content (AvgIpc) is 3.02. The first-order valence-electron chi connectivity index (χ1n) is 10.00. The minimum Gasteiger partial charge on any atom is -0.378 e.